The van der Waals surface area contributed by atoms with Gasteiger partial charge in [-0.05, 0) is 92.2 Å². The lowest BCUT2D eigenvalue weighted by Gasteiger charge is -2.53. The Labute approximate surface area is 192 Å². The highest BCUT2D eigenvalue weighted by molar-refractivity contribution is 5.93. The summed E-state index contributed by atoms with van der Waals surface area (Å²) in [6, 6.07) is 8.97. The predicted octanol–water partition coefficient (Wildman–Crippen LogP) is 5.41. The Balaban J connectivity index is 1.67. The van der Waals surface area contributed by atoms with Crippen LogP contribution in [-0.4, -0.2) is 30.6 Å². The fourth-order valence-corrected chi connectivity index (χ4v) is 7.38. The van der Waals surface area contributed by atoms with E-state index in [0.29, 0.717) is 18.3 Å². The number of carbonyl (C=O) groups excluding carboxylic acids is 1. The van der Waals surface area contributed by atoms with Crippen molar-refractivity contribution in [3.05, 3.63) is 52.6 Å². The summed E-state index contributed by atoms with van der Waals surface area (Å²) in [4.78, 5) is 14.3. The molecule has 2 saturated carbocycles. The summed E-state index contributed by atoms with van der Waals surface area (Å²) in [6.45, 7) is 4.15. The fourth-order valence-electron chi connectivity index (χ4n) is 7.38. The van der Waals surface area contributed by atoms with E-state index < -0.39 is 5.60 Å². The van der Waals surface area contributed by atoms with Crippen molar-refractivity contribution in [3.8, 4) is 11.8 Å². The van der Waals surface area contributed by atoms with Gasteiger partial charge in [-0.25, -0.2) is 0 Å². The molecule has 0 bridgehead atoms. The summed E-state index contributed by atoms with van der Waals surface area (Å²) >= 11 is 0. The highest BCUT2D eigenvalue weighted by Gasteiger charge is 2.62. The molecule has 0 spiro atoms. The second kappa shape index (κ2) is 7.63. The number of fused-ring (bicyclic) bond motifs is 4. The van der Waals surface area contributed by atoms with E-state index in [0.717, 1.165) is 38.5 Å². The molecule has 0 radical (unpaired) electrons. The monoisotopic (exact) mass is 429 g/mol. The number of hydrogen-bond acceptors (Lipinski definition) is 3. The van der Waals surface area contributed by atoms with E-state index in [4.69, 9.17) is 0 Å². The summed E-state index contributed by atoms with van der Waals surface area (Å²) in [5.74, 6) is 7.76. The molecule has 4 aliphatic rings. The van der Waals surface area contributed by atoms with Gasteiger partial charge in [-0.3, -0.25) is 4.79 Å². The van der Waals surface area contributed by atoms with Gasteiger partial charge >= 0.3 is 0 Å². The molecule has 4 aliphatic carbocycles. The maximum Gasteiger partial charge on any atom is 0.156 e. The molecule has 3 heteroatoms. The first-order valence-corrected chi connectivity index (χ1v) is 12.2. The molecule has 3 nitrogen and oxygen atoms in total. The van der Waals surface area contributed by atoms with Gasteiger partial charge in [-0.2, -0.15) is 0 Å². The molecule has 32 heavy (non-hydrogen) atoms. The summed E-state index contributed by atoms with van der Waals surface area (Å²) < 4.78 is 0. The lowest BCUT2D eigenvalue weighted by atomic mass is 9.51. The van der Waals surface area contributed by atoms with E-state index in [-0.39, 0.29) is 17.1 Å². The van der Waals surface area contributed by atoms with Crippen LogP contribution in [0.2, 0.25) is 0 Å². The third-order valence-electron chi connectivity index (χ3n) is 9.03. The van der Waals surface area contributed by atoms with Gasteiger partial charge in [0.05, 0.1) is 0 Å². The molecule has 1 aromatic carbocycles. The smallest absolute Gasteiger partial charge is 0.156 e. The van der Waals surface area contributed by atoms with Crippen LogP contribution in [0.5, 0.6) is 0 Å². The lowest BCUT2D eigenvalue weighted by molar-refractivity contribution is -0.114. The topological polar surface area (TPSA) is 40.5 Å². The molecule has 0 aromatic heterocycles. The minimum atomic E-state index is -0.914. The average Bonchev–Trinajstić information content (AvgIpc) is 3.03. The molecule has 5 atom stereocenters. The third kappa shape index (κ3) is 3.11. The van der Waals surface area contributed by atoms with Crippen LogP contribution in [0, 0.1) is 29.1 Å². The number of ketones is 1. The number of anilines is 1. The average molecular weight is 430 g/mol. The largest absolute Gasteiger partial charge is 0.378 e. The Morgan fingerprint density at radius 2 is 1.84 bits per heavy atom. The molecule has 1 aromatic rings. The Bertz CT molecular complexity index is 1070. The minimum Gasteiger partial charge on any atom is -0.378 e. The number of aliphatic hydroxyl groups is 1. The second-order valence-corrected chi connectivity index (χ2v) is 10.8. The van der Waals surface area contributed by atoms with Gasteiger partial charge in [0.1, 0.15) is 5.60 Å². The quantitative estimate of drug-likeness (QED) is 0.640. The van der Waals surface area contributed by atoms with Crippen molar-refractivity contribution in [3.63, 3.8) is 0 Å². The number of carbonyl (C=O) groups is 1. The predicted molar refractivity (Wildman–Crippen MR) is 129 cm³/mol. The first-order valence-electron chi connectivity index (χ1n) is 12.2. The van der Waals surface area contributed by atoms with Gasteiger partial charge in [0.15, 0.2) is 5.78 Å². The number of allylic oxidation sites excluding steroid dienone is 4. The molecular weight excluding hydrogens is 394 g/mol. The van der Waals surface area contributed by atoms with Crippen molar-refractivity contribution in [2.24, 2.45) is 17.3 Å². The maximum absolute atomic E-state index is 12.2. The third-order valence-corrected chi connectivity index (χ3v) is 9.03. The van der Waals surface area contributed by atoms with E-state index in [9.17, 15) is 9.90 Å². The normalized spacial score (nSPS) is 35.8. The molecule has 168 valence electrons. The van der Waals surface area contributed by atoms with E-state index in [2.05, 4.69) is 62.0 Å². The fraction of sp³-hybridized carbons (Fsp3) is 0.552. The molecule has 5 rings (SSSR count). The van der Waals surface area contributed by atoms with Gasteiger partial charge in [-0.1, -0.05) is 30.6 Å². The van der Waals surface area contributed by atoms with Crippen LogP contribution < -0.4 is 4.90 Å². The van der Waals surface area contributed by atoms with Crippen molar-refractivity contribution in [2.75, 3.05) is 19.0 Å². The Kier molecular flexibility index (Phi) is 5.13. The maximum atomic E-state index is 12.2. The number of rotatable bonds is 2. The number of nitrogens with zero attached hydrogens (tertiary/aromatic N) is 1. The first-order chi connectivity index (χ1) is 15.3. The van der Waals surface area contributed by atoms with Crippen LogP contribution in [0.25, 0.3) is 0 Å². The summed E-state index contributed by atoms with van der Waals surface area (Å²) in [5, 5.41) is 11.7. The van der Waals surface area contributed by atoms with Crippen molar-refractivity contribution >= 4 is 11.5 Å². The minimum absolute atomic E-state index is 0.221. The van der Waals surface area contributed by atoms with Crippen molar-refractivity contribution in [2.45, 2.75) is 70.3 Å². The lowest BCUT2D eigenvalue weighted by Crippen LogP contribution is -2.51. The zero-order valence-corrected chi connectivity index (χ0v) is 19.9. The first kappa shape index (κ1) is 21.5. The highest BCUT2D eigenvalue weighted by atomic mass is 16.3. The van der Waals surface area contributed by atoms with E-state index in [1.165, 1.54) is 22.4 Å². The molecule has 0 amide bonds. The van der Waals surface area contributed by atoms with Crippen LogP contribution in [0.4, 0.5) is 5.69 Å². The number of hydrogen-bond donors (Lipinski definition) is 1. The van der Waals surface area contributed by atoms with E-state index >= 15 is 0 Å². The van der Waals surface area contributed by atoms with Gasteiger partial charge < -0.3 is 10.0 Å². The Hall–Kier alpha value is -2.31. The molecule has 0 aliphatic heterocycles. The second-order valence-electron chi connectivity index (χ2n) is 10.8. The van der Waals surface area contributed by atoms with Crippen molar-refractivity contribution in [1.82, 2.24) is 0 Å². The highest BCUT2D eigenvalue weighted by Crippen LogP contribution is 2.66. The van der Waals surface area contributed by atoms with Crippen LogP contribution in [0.1, 0.15) is 70.3 Å². The van der Waals surface area contributed by atoms with Crippen LogP contribution >= 0.6 is 0 Å². The summed E-state index contributed by atoms with van der Waals surface area (Å²) in [7, 11) is 4.14. The standard InChI is InChI=1S/C29H35NO2/c1-5-15-29(32)16-14-26-24-12-8-20-17-22(31)11-13-23(20)27(24)25(18-28(26,29)2)19-6-9-21(10-7-19)30(3)4/h6-7,9-10,17,24-26,32H,8,11-14,16,18H2,1-4H3/t24-,25-,26+,28-,29+/m0/s1. The molecule has 1 N–H and O–H groups in total. The molecule has 0 saturated heterocycles. The van der Waals surface area contributed by atoms with Crippen LogP contribution in [0.3, 0.4) is 0 Å². The van der Waals surface area contributed by atoms with E-state index in [1.807, 2.05) is 13.0 Å². The van der Waals surface area contributed by atoms with Crippen LogP contribution in [0.15, 0.2) is 47.1 Å². The van der Waals surface area contributed by atoms with Crippen LogP contribution in [-0.2, 0) is 4.79 Å². The van der Waals surface area contributed by atoms with Gasteiger partial charge in [0, 0.05) is 37.5 Å². The molecule has 2 fully saturated rings. The number of benzene rings is 1. The molecule has 0 heterocycles. The van der Waals surface area contributed by atoms with Gasteiger partial charge in [-0.15, -0.1) is 5.92 Å². The summed E-state index contributed by atoms with van der Waals surface area (Å²) in [5.41, 5.74) is 5.71. The zero-order chi connectivity index (χ0) is 22.7. The van der Waals surface area contributed by atoms with E-state index in [1.54, 1.807) is 5.57 Å². The Morgan fingerprint density at radius 3 is 2.53 bits per heavy atom. The molecule has 0 unspecified atom stereocenters. The van der Waals surface area contributed by atoms with Gasteiger partial charge in [0.2, 0.25) is 0 Å². The Morgan fingerprint density at radius 1 is 1.09 bits per heavy atom. The summed E-state index contributed by atoms with van der Waals surface area (Å²) in [6.07, 6.45) is 8.23. The zero-order valence-electron chi connectivity index (χ0n) is 19.9. The SMILES string of the molecule is CC#C[C@@]1(O)CC[C@@H]2[C@@H]3CCC4=CC(=O)CCC4=C3[C@H](c3ccc(N(C)C)cc3)C[C@@]21C. The van der Waals surface area contributed by atoms with Crippen molar-refractivity contribution in [1.29, 1.82) is 0 Å². The van der Waals surface area contributed by atoms with Crippen molar-refractivity contribution < 1.29 is 9.90 Å². The molecular formula is C29H35NO2. The van der Waals surface area contributed by atoms with Gasteiger partial charge in [0.25, 0.3) is 0 Å².